The number of rotatable bonds is 6. The van der Waals surface area contributed by atoms with Gasteiger partial charge in [0.15, 0.2) is 0 Å². The van der Waals surface area contributed by atoms with Crippen LogP contribution in [0.4, 0.5) is 16.3 Å². The van der Waals surface area contributed by atoms with Crippen LogP contribution in [0.5, 0.6) is 0 Å². The van der Waals surface area contributed by atoms with Gasteiger partial charge in [-0.3, -0.25) is 9.69 Å². The number of aromatic nitrogens is 2. The fraction of sp³-hybridized carbons (Fsp3) is 0.179. The average molecular weight is 466 g/mol. The first-order chi connectivity index (χ1) is 17.0. The second-order valence-corrected chi connectivity index (χ2v) is 8.71. The summed E-state index contributed by atoms with van der Waals surface area (Å²) in [6, 6.07) is 25.3. The molecule has 7 nitrogen and oxygen atoms in total. The molecule has 0 atom stereocenters. The summed E-state index contributed by atoms with van der Waals surface area (Å²) < 4.78 is 1.82. The zero-order valence-corrected chi connectivity index (χ0v) is 19.8. The number of nitrogens with one attached hydrogen (secondary N) is 2. The van der Waals surface area contributed by atoms with Crippen molar-refractivity contribution in [1.29, 1.82) is 0 Å². The molecule has 1 aliphatic rings. The summed E-state index contributed by atoms with van der Waals surface area (Å²) in [5, 5.41) is 10.7. The van der Waals surface area contributed by atoms with Crippen LogP contribution in [0.3, 0.4) is 0 Å². The number of benzene rings is 3. The zero-order valence-electron chi connectivity index (χ0n) is 19.8. The molecule has 1 aliphatic heterocycles. The molecule has 2 N–H and O–H groups in total. The van der Waals surface area contributed by atoms with Gasteiger partial charge < -0.3 is 10.6 Å². The zero-order chi connectivity index (χ0) is 24.4. The van der Waals surface area contributed by atoms with E-state index < -0.39 is 0 Å². The highest BCUT2D eigenvalue weighted by atomic mass is 16.2. The van der Waals surface area contributed by atoms with Gasteiger partial charge in [-0.1, -0.05) is 54.6 Å². The molecular weight excluding hydrogens is 438 g/mol. The van der Waals surface area contributed by atoms with Crippen molar-refractivity contribution in [2.24, 2.45) is 0 Å². The number of urea groups is 1. The van der Waals surface area contributed by atoms with Crippen molar-refractivity contribution in [2.45, 2.75) is 20.4 Å². The maximum absolute atomic E-state index is 13.2. The SMILES string of the molecule is Cc1ccccc1-c1cc(NC(=O)c2ccc(N3CCNC3=O)c(C)c2)n(Cc2ccccc2)n1. The Bertz CT molecular complexity index is 1390. The fourth-order valence-corrected chi connectivity index (χ4v) is 4.38. The van der Waals surface area contributed by atoms with Gasteiger partial charge in [0.1, 0.15) is 5.82 Å². The predicted octanol–water partition coefficient (Wildman–Crippen LogP) is 5.00. The van der Waals surface area contributed by atoms with Gasteiger partial charge in [0.05, 0.1) is 12.2 Å². The van der Waals surface area contributed by atoms with Crippen LogP contribution >= 0.6 is 0 Å². The lowest BCUT2D eigenvalue weighted by atomic mass is 10.1. The molecule has 0 aliphatic carbocycles. The maximum atomic E-state index is 13.2. The highest BCUT2D eigenvalue weighted by Crippen LogP contribution is 2.27. The Balaban J connectivity index is 1.44. The number of carbonyl (C=O) groups excluding carboxylic acids is 2. The van der Waals surface area contributed by atoms with Crippen molar-refractivity contribution < 1.29 is 9.59 Å². The minimum absolute atomic E-state index is 0.112. The number of anilines is 2. The van der Waals surface area contributed by atoms with Crippen molar-refractivity contribution in [3.05, 3.63) is 101 Å². The lowest BCUT2D eigenvalue weighted by Crippen LogP contribution is -2.28. The Morgan fingerprint density at radius 3 is 2.46 bits per heavy atom. The van der Waals surface area contributed by atoms with Crippen molar-refractivity contribution in [3.63, 3.8) is 0 Å². The quantitative estimate of drug-likeness (QED) is 0.421. The van der Waals surface area contributed by atoms with Crippen LogP contribution in [0, 0.1) is 13.8 Å². The summed E-state index contributed by atoms with van der Waals surface area (Å²) in [6.07, 6.45) is 0. The Morgan fingerprint density at radius 2 is 1.74 bits per heavy atom. The van der Waals surface area contributed by atoms with Gasteiger partial charge in [0.2, 0.25) is 0 Å². The molecule has 0 radical (unpaired) electrons. The number of amides is 3. The predicted molar refractivity (Wildman–Crippen MR) is 138 cm³/mol. The van der Waals surface area contributed by atoms with E-state index in [9.17, 15) is 9.59 Å². The van der Waals surface area contributed by atoms with Gasteiger partial charge in [0.25, 0.3) is 5.91 Å². The molecule has 0 unspecified atom stereocenters. The van der Waals surface area contributed by atoms with Gasteiger partial charge in [0, 0.05) is 36.0 Å². The van der Waals surface area contributed by atoms with Gasteiger partial charge in [-0.05, 0) is 48.7 Å². The normalized spacial score (nSPS) is 13.1. The molecule has 3 amide bonds. The molecule has 0 spiro atoms. The first-order valence-corrected chi connectivity index (χ1v) is 11.6. The molecule has 1 aromatic heterocycles. The van der Waals surface area contributed by atoms with E-state index >= 15 is 0 Å². The lowest BCUT2D eigenvalue weighted by Gasteiger charge is -2.17. The smallest absolute Gasteiger partial charge is 0.322 e. The van der Waals surface area contributed by atoms with Crippen molar-refractivity contribution >= 4 is 23.4 Å². The molecule has 176 valence electrons. The highest BCUT2D eigenvalue weighted by molar-refractivity contribution is 6.05. The molecule has 35 heavy (non-hydrogen) atoms. The third kappa shape index (κ3) is 4.66. The third-order valence-corrected chi connectivity index (χ3v) is 6.22. The molecule has 5 rings (SSSR count). The first kappa shape index (κ1) is 22.4. The summed E-state index contributed by atoms with van der Waals surface area (Å²) in [5.41, 5.74) is 6.24. The van der Waals surface area contributed by atoms with Crippen LogP contribution in [0.25, 0.3) is 11.3 Å². The van der Waals surface area contributed by atoms with E-state index in [1.807, 2.05) is 78.3 Å². The summed E-state index contributed by atoms with van der Waals surface area (Å²) in [5.74, 6) is 0.397. The van der Waals surface area contributed by atoms with Crippen LogP contribution in [-0.2, 0) is 6.54 Å². The molecule has 2 heterocycles. The Morgan fingerprint density at radius 1 is 0.971 bits per heavy atom. The molecule has 4 aromatic rings. The lowest BCUT2D eigenvalue weighted by molar-refractivity contribution is 0.102. The third-order valence-electron chi connectivity index (χ3n) is 6.22. The minimum Gasteiger partial charge on any atom is -0.336 e. The van der Waals surface area contributed by atoms with E-state index in [2.05, 4.69) is 23.6 Å². The number of hydrogen-bond donors (Lipinski definition) is 2. The molecular formula is C28H27N5O2. The van der Waals surface area contributed by atoms with Crippen LogP contribution in [-0.4, -0.2) is 34.8 Å². The van der Waals surface area contributed by atoms with E-state index in [-0.39, 0.29) is 11.9 Å². The minimum atomic E-state index is -0.226. The van der Waals surface area contributed by atoms with Gasteiger partial charge in [-0.25, -0.2) is 9.48 Å². The number of carbonyl (C=O) groups is 2. The van der Waals surface area contributed by atoms with Crippen molar-refractivity contribution in [2.75, 3.05) is 23.3 Å². The fourth-order valence-electron chi connectivity index (χ4n) is 4.38. The molecule has 7 heteroatoms. The largest absolute Gasteiger partial charge is 0.336 e. The summed E-state index contributed by atoms with van der Waals surface area (Å²) in [6.45, 7) is 5.73. The Labute approximate surface area is 204 Å². The second kappa shape index (κ2) is 9.46. The highest BCUT2D eigenvalue weighted by Gasteiger charge is 2.23. The molecule has 0 saturated carbocycles. The second-order valence-electron chi connectivity index (χ2n) is 8.71. The van der Waals surface area contributed by atoms with Crippen LogP contribution in [0.15, 0.2) is 78.9 Å². The summed E-state index contributed by atoms with van der Waals surface area (Å²) in [7, 11) is 0. The van der Waals surface area contributed by atoms with Gasteiger partial charge in [-0.2, -0.15) is 5.10 Å². The molecule has 0 bridgehead atoms. The van der Waals surface area contributed by atoms with E-state index in [0.717, 1.165) is 33.6 Å². The first-order valence-electron chi connectivity index (χ1n) is 11.6. The number of nitrogens with zero attached hydrogens (tertiary/aromatic N) is 3. The van der Waals surface area contributed by atoms with Gasteiger partial charge >= 0.3 is 6.03 Å². The maximum Gasteiger partial charge on any atom is 0.322 e. The molecule has 3 aromatic carbocycles. The molecule has 1 saturated heterocycles. The Kier molecular flexibility index (Phi) is 6.06. The summed E-state index contributed by atoms with van der Waals surface area (Å²) in [4.78, 5) is 27.0. The van der Waals surface area contributed by atoms with Crippen molar-refractivity contribution in [1.82, 2.24) is 15.1 Å². The summed E-state index contributed by atoms with van der Waals surface area (Å²) >= 11 is 0. The van der Waals surface area contributed by atoms with Crippen LogP contribution < -0.4 is 15.5 Å². The van der Waals surface area contributed by atoms with E-state index in [4.69, 9.17) is 5.10 Å². The van der Waals surface area contributed by atoms with Crippen molar-refractivity contribution in [3.8, 4) is 11.3 Å². The van der Waals surface area contributed by atoms with E-state index in [0.29, 0.717) is 31.0 Å². The van der Waals surface area contributed by atoms with E-state index in [1.54, 1.807) is 11.0 Å². The number of aryl methyl sites for hydroxylation is 2. The van der Waals surface area contributed by atoms with Crippen LogP contribution in [0.1, 0.15) is 27.0 Å². The average Bonchev–Trinajstić information content (AvgIpc) is 3.46. The standard InChI is InChI=1S/C28H27N5O2/c1-19-8-6-7-11-23(19)24-17-26(33(31-24)18-21-9-4-3-5-10-21)30-27(34)22-12-13-25(20(2)16-22)32-15-14-29-28(32)35/h3-13,16-17H,14-15,18H2,1-2H3,(H,29,35)(H,30,34). The number of hydrogen-bond acceptors (Lipinski definition) is 3. The van der Waals surface area contributed by atoms with Crippen LogP contribution in [0.2, 0.25) is 0 Å². The molecule has 1 fully saturated rings. The monoisotopic (exact) mass is 465 g/mol. The van der Waals surface area contributed by atoms with E-state index in [1.165, 1.54) is 0 Å². The Hall–Kier alpha value is -4.39. The van der Waals surface area contributed by atoms with Gasteiger partial charge in [-0.15, -0.1) is 0 Å². The topological polar surface area (TPSA) is 79.3 Å².